The molecule has 4 heteroatoms. The predicted octanol–water partition coefficient (Wildman–Crippen LogP) is 2.78. The third-order valence-electron chi connectivity index (χ3n) is 6.69. The van der Waals surface area contributed by atoms with Gasteiger partial charge in [-0.05, 0) is 36.2 Å². The van der Waals surface area contributed by atoms with Crippen molar-refractivity contribution in [3.8, 4) is 0 Å². The highest BCUT2D eigenvalue weighted by molar-refractivity contribution is 5.80. The molecule has 1 amide bonds. The number of likely N-dealkylation sites (tertiary alicyclic amines) is 1. The minimum Gasteiger partial charge on any atom is -0.352 e. The average molecular weight is 344 g/mol. The molecule has 25 heavy (non-hydrogen) atoms. The molecular weight excluding hydrogens is 310 g/mol. The van der Waals surface area contributed by atoms with Gasteiger partial charge in [-0.3, -0.25) is 9.69 Å². The number of amides is 1. The molecule has 4 nitrogen and oxygen atoms in total. The lowest BCUT2D eigenvalue weighted by molar-refractivity contribution is -0.133. The van der Waals surface area contributed by atoms with E-state index in [2.05, 4.69) is 61.3 Å². The maximum Gasteiger partial charge on any atom is 0.223 e. The lowest BCUT2D eigenvalue weighted by Crippen LogP contribution is -2.53. The quantitative estimate of drug-likeness (QED) is 0.884. The summed E-state index contributed by atoms with van der Waals surface area (Å²) in [5, 5.41) is 3.33. The molecule has 1 heterocycles. The number of benzene rings is 1. The van der Waals surface area contributed by atoms with E-state index in [1.54, 1.807) is 0 Å². The summed E-state index contributed by atoms with van der Waals surface area (Å²) in [5.74, 6) is 0.677. The van der Waals surface area contributed by atoms with Gasteiger partial charge in [0.15, 0.2) is 0 Å². The van der Waals surface area contributed by atoms with Crippen molar-refractivity contribution < 1.29 is 4.79 Å². The van der Waals surface area contributed by atoms with Crippen LogP contribution in [0.25, 0.3) is 0 Å². The average Bonchev–Trinajstić information content (AvgIpc) is 3.00. The van der Waals surface area contributed by atoms with Gasteiger partial charge in [-0.25, -0.2) is 0 Å². The number of hydrogen-bond donors (Lipinski definition) is 2. The van der Waals surface area contributed by atoms with Crippen molar-refractivity contribution in [1.29, 1.82) is 0 Å². The first-order valence-corrected chi connectivity index (χ1v) is 9.70. The molecule has 0 spiro atoms. The lowest BCUT2D eigenvalue weighted by Gasteiger charge is -2.46. The van der Waals surface area contributed by atoms with E-state index in [9.17, 15) is 4.79 Å². The number of nitrogens with two attached hydrogens (primary N) is 1. The molecule has 2 aliphatic rings. The normalized spacial score (nSPS) is 32.5. The SMILES string of the molecule is CC1C(N)CCC(C(=O)NC2CCN(Cc3ccccc3)C2)C1(C)C. The van der Waals surface area contributed by atoms with Gasteiger partial charge in [0, 0.05) is 37.6 Å². The van der Waals surface area contributed by atoms with Crippen molar-refractivity contribution in [2.24, 2.45) is 23.0 Å². The molecule has 1 aliphatic heterocycles. The molecule has 1 aliphatic carbocycles. The Balaban J connectivity index is 1.54. The fourth-order valence-electron chi connectivity index (χ4n) is 4.56. The molecule has 4 unspecified atom stereocenters. The highest BCUT2D eigenvalue weighted by Crippen LogP contribution is 2.44. The van der Waals surface area contributed by atoms with Crippen LogP contribution in [0.15, 0.2) is 30.3 Å². The van der Waals surface area contributed by atoms with Crippen LogP contribution in [0.3, 0.4) is 0 Å². The fraction of sp³-hybridized carbons (Fsp3) is 0.667. The van der Waals surface area contributed by atoms with Crippen LogP contribution in [-0.2, 0) is 11.3 Å². The highest BCUT2D eigenvalue weighted by atomic mass is 16.2. The summed E-state index contributed by atoms with van der Waals surface area (Å²) in [7, 11) is 0. The van der Waals surface area contributed by atoms with Gasteiger partial charge in [-0.2, -0.15) is 0 Å². The number of carbonyl (C=O) groups is 1. The van der Waals surface area contributed by atoms with Crippen LogP contribution in [0.2, 0.25) is 0 Å². The Hall–Kier alpha value is -1.39. The first-order chi connectivity index (χ1) is 11.9. The van der Waals surface area contributed by atoms with Crippen molar-refractivity contribution in [1.82, 2.24) is 10.2 Å². The van der Waals surface area contributed by atoms with E-state index in [1.807, 2.05) is 0 Å². The summed E-state index contributed by atoms with van der Waals surface area (Å²) < 4.78 is 0. The molecule has 3 N–H and O–H groups in total. The Morgan fingerprint density at radius 1 is 1.24 bits per heavy atom. The van der Waals surface area contributed by atoms with Crippen molar-refractivity contribution in [2.45, 2.75) is 58.7 Å². The van der Waals surface area contributed by atoms with Gasteiger partial charge in [0.05, 0.1) is 0 Å². The van der Waals surface area contributed by atoms with E-state index >= 15 is 0 Å². The Labute approximate surface area is 152 Å². The van der Waals surface area contributed by atoms with E-state index in [1.165, 1.54) is 5.56 Å². The number of carbonyl (C=O) groups excluding carboxylic acids is 1. The van der Waals surface area contributed by atoms with Gasteiger partial charge in [0.25, 0.3) is 0 Å². The maximum absolute atomic E-state index is 12.9. The summed E-state index contributed by atoms with van der Waals surface area (Å²) >= 11 is 0. The van der Waals surface area contributed by atoms with Crippen molar-refractivity contribution in [3.05, 3.63) is 35.9 Å². The molecule has 2 fully saturated rings. The first-order valence-electron chi connectivity index (χ1n) is 9.70. The van der Waals surface area contributed by atoms with Crippen LogP contribution < -0.4 is 11.1 Å². The molecule has 1 aromatic rings. The highest BCUT2D eigenvalue weighted by Gasteiger charge is 2.45. The van der Waals surface area contributed by atoms with E-state index in [-0.39, 0.29) is 29.3 Å². The minimum atomic E-state index is -0.0376. The molecule has 1 aromatic carbocycles. The van der Waals surface area contributed by atoms with Crippen LogP contribution in [0.4, 0.5) is 0 Å². The Bertz CT molecular complexity index is 586. The molecule has 3 rings (SSSR count). The number of nitrogens with zero attached hydrogens (tertiary/aromatic N) is 1. The van der Waals surface area contributed by atoms with Gasteiger partial charge in [-0.1, -0.05) is 51.1 Å². The topological polar surface area (TPSA) is 58.4 Å². The van der Waals surface area contributed by atoms with Gasteiger partial charge in [-0.15, -0.1) is 0 Å². The smallest absolute Gasteiger partial charge is 0.223 e. The van der Waals surface area contributed by atoms with Crippen LogP contribution in [-0.4, -0.2) is 36.0 Å². The van der Waals surface area contributed by atoms with Crippen molar-refractivity contribution in [3.63, 3.8) is 0 Å². The molecule has 0 radical (unpaired) electrons. The van der Waals surface area contributed by atoms with E-state index in [4.69, 9.17) is 5.73 Å². The summed E-state index contributed by atoms with van der Waals surface area (Å²) in [5.41, 5.74) is 7.53. The second-order valence-electron chi connectivity index (χ2n) is 8.62. The van der Waals surface area contributed by atoms with Gasteiger partial charge in [0.1, 0.15) is 0 Å². The number of nitrogens with one attached hydrogen (secondary N) is 1. The molecule has 0 bridgehead atoms. The Morgan fingerprint density at radius 2 is 1.96 bits per heavy atom. The maximum atomic E-state index is 12.9. The third kappa shape index (κ3) is 4.06. The zero-order valence-corrected chi connectivity index (χ0v) is 15.9. The Kier molecular flexibility index (Phi) is 5.49. The van der Waals surface area contributed by atoms with Gasteiger partial charge in [0.2, 0.25) is 5.91 Å². The minimum absolute atomic E-state index is 0.0376. The molecule has 138 valence electrons. The number of hydrogen-bond acceptors (Lipinski definition) is 3. The van der Waals surface area contributed by atoms with Crippen LogP contribution >= 0.6 is 0 Å². The summed E-state index contributed by atoms with van der Waals surface area (Å²) in [4.78, 5) is 15.4. The zero-order valence-electron chi connectivity index (χ0n) is 15.9. The van der Waals surface area contributed by atoms with Crippen molar-refractivity contribution >= 4 is 5.91 Å². The Morgan fingerprint density at radius 3 is 2.68 bits per heavy atom. The second kappa shape index (κ2) is 7.46. The monoisotopic (exact) mass is 343 g/mol. The molecular formula is C21H33N3O. The molecule has 1 saturated carbocycles. The first kappa shape index (κ1) is 18.4. The largest absolute Gasteiger partial charge is 0.352 e. The predicted molar refractivity (Wildman–Crippen MR) is 102 cm³/mol. The fourth-order valence-corrected chi connectivity index (χ4v) is 4.56. The number of rotatable bonds is 4. The summed E-state index contributed by atoms with van der Waals surface area (Å²) in [6.45, 7) is 9.57. The molecule has 1 saturated heterocycles. The van der Waals surface area contributed by atoms with Crippen LogP contribution in [0.1, 0.15) is 45.6 Å². The molecule has 4 atom stereocenters. The van der Waals surface area contributed by atoms with Crippen LogP contribution in [0.5, 0.6) is 0 Å². The zero-order chi connectivity index (χ0) is 18.0. The van der Waals surface area contributed by atoms with E-state index in [0.29, 0.717) is 5.92 Å². The summed E-state index contributed by atoms with van der Waals surface area (Å²) in [6, 6.07) is 11.0. The van der Waals surface area contributed by atoms with E-state index < -0.39 is 0 Å². The second-order valence-corrected chi connectivity index (χ2v) is 8.62. The van der Waals surface area contributed by atoms with Gasteiger partial charge < -0.3 is 11.1 Å². The lowest BCUT2D eigenvalue weighted by atomic mass is 9.61. The third-order valence-corrected chi connectivity index (χ3v) is 6.69. The van der Waals surface area contributed by atoms with Crippen LogP contribution in [0, 0.1) is 17.3 Å². The van der Waals surface area contributed by atoms with Crippen molar-refractivity contribution in [2.75, 3.05) is 13.1 Å². The van der Waals surface area contributed by atoms with Gasteiger partial charge >= 0.3 is 0 Å². The molecule has 0 aromatic heterocycles. The summed E-state index contributed by atoms with van der Waals surface area (Å²) in [6.07, 6.45) is 2.90. The standard InChI is InChI=1S/C21H33N3O/c1-15-19(22)10-9-18(21(15,2)3)20(25)23-17-11-12-24(14-17)13-16-7-5-4-6-8-16/h4-8,15,17-19H,9-14,22H2,1-3H3,(H,23,25). The van der Waals surface area contributed by atoms with E-state index in [0.717, 1.165) is 38.9 Å².